The highest BCUT2D eigenvalue weighted by atomic mass is 35.5. The van der Waals surface area contributed by atoms with Crippen molar-refractivity contribution in [1.29, 1.82) is 0 Å². The van der Waals surface area contributed by atoms with Crippen LogP contribution in [0.15, 0.2) is 52.9 Å². The van der Waals surface area contributed by atoms with E-state index in [1.807, 2.05) is 0 Å². The average molecular weight is 484 g/mol. The van der Waals surface area contributed by atoms with Crippen LogP contribution < -0.4 is 14.8 Å². The molecule has 0 aliphatic rings. The number of carbonyl (C=O) groups is 1. The molecule has 0 aliphatic heterocycles. The van der Waals surface area contributed by atoms with Gasteiger partial charge in [0.2, 0.25) is 5.91 Å². The van der Waals surface area contributed by atoms with E-state index in [4.69, 9.17) is 16.3 Å². The zero-order valence-corrected chi connectivity index (χ0v) is 18.8. The Labute approximate surface area is 188 Å². The molecule has 31 heavy (non-hydrogen) atoms. The van der Waals surface area contributed by atoms with Crippen LogP contribution in [-0.2, 0) is 14.8 Å². The van der Waals surface area contributed by atoms with Crippen molar-refractivity contribution in [1.82, 2.24) is 4.98 Å². The lowest BCUT2D eigenvalue weighted by Crippen LogP contribution is -2.14. The molecule has 0 unspecified atom stereocenters. The number of sulfonamides is 1. The molecule has 0 fully saturated rings. The van der Waals surface area contributed by atoms with Gasteiger partial charge in [0.1, 0.15) is 0 Å². The maximum atomic E-state index is 14.0. The molecule has 3 aromatic rings. The first kappa shape index (κ1) is 23.0. The van der Waals surface area contributed by atoms with Gasteiger partial charge >= 0.3 is 0 Å². The Morgan fingerprint density at radius 3 is 2.65 bits per heavy atom. The SMILES string of the molecule is Cc1ccc(Cl)c(OCCCC(=O)Nc2ccc(S(=O)(=O)Nc3nccs3)cc2)c1F. The number of ether oxygens (including phenoxy) is 1. The van der Waals surface area contributed by atoms with Crippen molar-refractivity contribution in [2.75, 3.05) is 16.6 Å². The van der Waals surface area contributed by atoms with Crippen molar-refractivity contribution < 1.29 is 22.3 Å². The minimum atomic E-state index is -3.76. The maximum absolute atomic E-state index is 14.0. The molecule has 2 N–H and O–H groups in total. The number of aryl methyl sites for hydroxylation is 1. The Balaban J connectivity index is 1.48. The highest BCUT2D eigenvalue weighted by molar-refractivity contribution is 7.93. The highest BCUT2D eigenvalue weighted by Gasteiger charge is 2.16. The normalized spacial score (nSPS) is 11.2. The number of hydrogen-bond acceptors (Lipinski definition) is 6. The lowest BCUT2D eigenvalue weighted by Gasteiger charge is -2.11. The topological polar surface area (TPSA) is 97.4 Å². The first-order chi connectivity index (χ1) is 14.8. The number of rotatable bonds is 9. The number of nitrogens with one attached hydrogen (secondary N) is 2. The van der Waals surface area contributed by atoms with E-state index in [1.165, 1.54) is 41.8 Å². The Morgan fingerprint density at radius 2 is 1.97 bits per heavy atom. The van der Waals surface area contributed by atoms with Crippen LogP contribution in [0.3, 0.4) is 0 Å². The van der Waals surface area contributed by atoms with E-state index in [9.17, 15) is 17.6 Å². The fourth-order valence-electron chi connectivity index (χ4n) is 2.56. The van der Waals surface area contributed by atoms with Crippen LogP contribution in [0.5, 0.6) is 5.75 Å². The molecule has 0 bridgehead atoms. The predicted molar refractivity (Wildman–Crippen MR) is 119 cm³/mol. The van der Waals surface area contributed by atoms with Crippen LogP contribution >= 0.6 is 22.9 Å². The van der Waals surface area contributed by atoms with Gasteiger partial charge in [-0.3, -0.25) is 9.52 Å². The molecule has 0 spiro atoms. The summed E-state index contributed by atoms with van der Waals surface area (Å²) in [4.78, 5) is 16.0. The molecular weight excluding hydrogens is 465 g/mol. The first-order valence-corrected chi connectivity index (χ1v) is 11.9. The second-order valence-corrected chi connectivity index (χ2v) is 9.46. The fraction of sp³-hybridized carbons (Fsp3) is 0.200. The van der Waals surface area contributed by atoms with Gasteiger partial charge in [0.15, 0.2) is 16.7 Å². The molecule has 0 radical (unpaired) electrons. The van der Waals surface area contributed by atoms with Gasteiger partial charge in [-0.1, -0.05) is 17.7 Å². The third-order valence-electron chi connectivity index (χ3n) is 4.14. The van der Waals surface area contributed by atoms with E-state index >= 15 is 0 Å². The third-order valence-corrected chi connectivity index (χ3v) is 6.61. The molecular formula is C20H19ClFN3O4S2. The van der Waals surface area contributed by atoms with Gasteiger partial charge < -0.3 is 10.1 Å². The van der Waals surface area contributed by atoms with Gasteiger partial charge in [-0.05, 0) is 49.2 Å². The quantitative estimate of drug-likeness (QED) is 0.424. The number of carbonyl (C=O) groups excluding carboxylic acids is 1. The average Bonchev–Trinajstić information content (AvgIpc) is 3.23. The summed E-state index contributed by atoms with van der Waals surface area (Å²) in [6.45, 7) is 1.73. The summed E-state index contributed by atoms with van der Waals surface area (Å²) < 4.78 is 46.4. The van der Waals surface area contributed by atoms with E-state index in [-0.39, 0.29) is 39.7 Å². The smallest absolute Gasteiger partial charge is 0.263 e. The van der Waals surface area contributed by atoms with Gasteiger partial charge in [-0.25, -0.2) is 17.8 Å². The number of halogens is 2. The van der Waals surface area contributed by atoms with E-state index in [1.54, 1.807) is 24.4 Å². The van der Waals surface area contributed by atoms with E-state index in [0.29, 0.717) is 17.7 Å². The molecule has 3 rings (SSSR count). The Kier molecular flexibility index (Phi) is 7.47. The standard InChI is InChI=1S/C20H19ClFN3O4S2/c1-13-4-9-16(21)19(18(13)22)29-11-2-3-17(26)24-14-5-7-15(8-6-14)31(27,28)25-20-23-10-12-30-20/h4-10,12H,2-3,11H2,1H3,(H,23,25)(H,24,26). The molecule has 1 aromatic heterocycles. The summed E-state index contributed by atoms with van der Waals surface area (Å²) >= 11 is 7.11. The molecule has 2 aromatic carbocycles. The van der Waals surface area contributed by atoms with Crippen molar-refractivity contribution in [3.05, 3.63) is 64.4 Å². The summed E-state index contributed by atoms with van der Waals surface area (Å²) in [7, 11) is -3.76. The number of thiazole rings is 1. The number of nitrogens with zero attached hydrogens (tertiary/aromatic N) is 1. The summed E-state index contributed by atoms with van der Waals surface area (Å²) in [5.41, 5.74) is 0.872. The van der Waals surface area contributed by atoms with Crippen molar-refractivity contribution >= 4 is 49.7 Å². The van der Waals surface area contributed by atoms with Crippen molar-refractivity contribution in [3.63, 3.8) is 0 Å². The molecule has 7 nitrogen and oxygen atoms in total. The van der Waals surface area contributed by atoms with Crippen molar-refractivity contribution in [2.24, 2.45) is 0 Å². The molecule has 164 valence electrons. The third kappa shape index (κ3) is 6.16. The monoisotopic (exact) mass is 483 g/mol. The summed E-state index contributed by atoms with van der Waals surface area (Å²) in [6.07, 6.45) is 1.98. The number of anilines is 2. The Hall–Kier alpha value is -2.69. The van der Waals surface area contributed by atoms with Crippen LogP contribution in [0.2, 0.25) is 5.02 Å². The Bertz CT molecular complexity index is 1150. The second-order valence-electron chi connectivity index (χ2n) is 6.47. The zero-order valence-electron chi connectivity index (χ0n) is 16.4. The van der Waals surface area contributed by atoms with Gasteiger partial charge in [-0.2, -0.15) is 0 Å². The predicted octanol–water partition coefficient (Wildman–Crippen LogP) is 4.84. The van der Waals surface area contributed by atoms with Crippen LogP contribution in [0.1, 0.15) is 18.4 Å². The van der Waals surface area contributed by atoms with Crippen LogP contribution in [0, 0.1) is 12.7 Å². The number of aromatic nitrogens is 1. The zero-order chi connectivity index (χ0) is 22.4. The molecule has 1 amide bonds. The first-order valence-electron chi connectivity index (χ1n) is 9.16. The minimum Gasteiger partial charge on any atom is -0.489 e. The molecule has 0 saturated carbocycles. The second kappa shape index (κ2) is 10.1. The van der Waals surface area contributed by atoms with Crippen LogP contribution in [0.4, 0.5) is 15.2 Å². The molecule has 0 atom stereocenters. The van der Waals surface area contributed by atoms with Crippen LogP contribution in [0.25, 0.3) is 0 Å². The summed E-state index contributed by atoms with van der Waals surface area (Å²) in [6, 6.07) is 8.87. The Morgan fingerprint density at radius 1 is 1.23 bits per heavy atom. The maximum Gasteiger partial charge on any atom is 0.263 e. The molecule has 1 heterocycles. The number of benzene rings is 2. The molecule has 11 heteroatoms. The van der Waals surface area contributed by atoms with Crippen LogP contribution in [-0.4, -0.2) is 25.9 Å². The van der Waals surface area contributed by atoms with Gasteiger partial charge in [0, 0.05) is 23.7 Å². The number of hydrogen-bond donors (Lipinski definition) is 2. The largest absolute Gasteiger partial charge is 0.489 e. The van der Waals surface area contributed by atoms with E-state index in [0.717, 1.165) is 0 Å². The van der Waals surface area contributed by atoms with E-state index < -0.39 is 15.8 Å². The van der Waals surface area contributed by atoms with Crippen molar-refractivity contribution in [2.45, 2.75) is 24.7 Å². The summed E-state index contributed by atoms with van der Waals surface area (Å²) in [5.74, 6) is -0.822. The van der Waals surface area contributed by atoms with Gasteiger partial charge in [-0.15, -0.1) is 11.3 Å². The summed E-state index contributed by atoms with van der Waals surface area (Å²) in [5, 5.41) is 4.78. The highest BCUT2D eigenvalue weighted by Crippen LogP contribution is 2.29. The van der Waals surface area contributed by atoms with Crippen molar-refractivity contribution in [3.8, 4) is 5.75 Å². The van der Waals surface area contributed by atoms with Gasteiger partial charge in [0.25, 0.3) is 10.0 Å². The molecule has 0 aliphatic carbocycles. The minimum absolute atomic E-state index is 0.0229. The van der Waals surface area contributed by atoms with E-state index in [2.05, 4.69) is 15.0 Å². The lowest BCUT2D eigenvalue weighted by molar-refractivity contribution is -0.116. The van der Waals surface area contributed by atoms with Gasteiger partial charge in [0.05, 0.1) is 16.5 Å². The molecule has 0 saturated heterocycles. The lowest BCUT2D eigenvalue weighted by atomic mass is 10.2. The fourth-order valence-corrected chi connectivity index (χ4v) is 4.55. The number of amides is 1.